The van der Waals surface area contributed by atoms with Crippen LogP contribution in [0.25, 0.3) is 86.3 Å². The van der Waals surface area contributed by atoms with Crippen molar-refractivity contribution in [3.05, 3.63) is 256 Å². The highest BCUT2D eigenvalue weighted by Crippen LogP contribution is 2.57. The lowest BCUT2D eigenvalue weighted by atomic mass is 9.66. The van der Waals surface area contributed by atoms with E-state index in [4.69, 9.17) is 47.7 Å². The van der Waals surface area contributed by atoms with E-state index in [1.807, 2.05) is 47.7 Å². The van der Waals surface area contributed by atoms with Crippen molar-refractivity contribution in [2.24, 2.45) is 0 Å². The average Bonchev–Trinajstić information content (AvgIpc) is 1.51. The molecule has 13 aromatic rings. The molecule has 0 bridgehead atoms. The van der Waals surface area contributed by atoms with Crippen LogP contribution in [0.15, 0.2) is 206 Å². The maximum atomic E-state index is 13.8. The lowest BCUT2D eigenvalue weighted by Crippen LogP contribution is -2.30. The second kappa shape index (κ2) is 30.9. The SMILES string of the molecule is CCOC(=O)c1cc(C2(c3ccc(OCCOCCOCCOC)c(C(=O)OCC)c3)c3cc(C)ccc3-c3ccc(C)cc32)ccc1COCCOCCOCCO.c1ccc2c(c1)c1ccccc1n2-c1ccc2sc3ccc(-n4c5ccccc5c5ccccc54)cc3c2c1. The zero-order chi connectivity index (χ0) is 67.5. The number of hydrogen-bond donors (Lipinski definition) is 1. The molecule has 14 nitrogen and oxygen atoms in total. The molecule has 0 unspecified atom stereocenters. The number of aryl methyl sites for hydroxylation is 2. The van der Waals surface area contributed by atoms with Gasteiger partial charge < -0.3 is 56.9 Å². The first-order valence-electron chi connectivity index (χ1n) is 33.5. The van der Waals surface area contributed by atoms with Gasteiger partial charge in [0.05, 0.1) is 126 Å². The second-order valence-corrected chi connectivity index (χ2v) is 25.2. The van der Waals surface area contributed by atoms with Crippen LogP contribution in [0.2, 0.25) is 0 Å². The average molecular weight is 1330 g/mol. The number of ether oxygens (including phenoxy) is 9. The van der Waals surface area contributed by atoms with Gasteiger partial charge >= 0.3 is 11.9 Å². The molecule has 14 rings (SSSR count). The first-order valence-corrected chi connectivity index (χ1v) is 34.4. The van der Waals surface area contributed by atoms with Gasteiger partial charge in [0.2, 0.25) is 0 Å². The van der Waals surface area contributed by atoms with Crippen LogP contribution < -0.4 is 4.74 Å². The number of esters is 2. The highest BCUT2D eigenvalue weighted by atomic mass is 32.1. The minimum atomic E-state index is -0.971. The summed E-state index contributed by atoms with van der Waals surface area (Å²) in [6.07, 6.45) is 0. The molecule has 3 aromatic heterocycles. The van der Waals surface area contributed by atoms with Gasteiger partial charge in [-0.1, -0.05) is 139 Å². The predicted molar refractivity (Wildman–Crippen MR) is 391 cm³/mol. The van der Waals surface area contributed by atoms with E-state index in [0.717, 1.165) is 44.5 Å². The van der Waals surface area contributed by atoms with E-state index >= 15 is 0 Å². The summed E-state index contributed by atoms with van der Waals surface area (Å²) in [5, 5.41) is 16.6. The summed E-state index contributed by atoms with van der Waals surface area (Å²) in [6, 6.07) is 73.1. The molecule has 3 heterocycles. The summed E-state index contributed by atoms with van der Waals surface area (Å²) in [7, 11) is 1.62. The van der Waals surface area contributed by atoms with Crippen LogP contribution in [0.5, 0.6) is 5.75 Å². The molecule has 0 radical (unpaired) electrons. The molecule has 1 aliphatic rings. The zero-order valence-corrected chi connectivity index (χ0v) is 56.8. The number of methoxy groups -OCH3 is 1. The van der Waals surface area contributed by atoms with E-state index in [9.17, 15) is 9.59 Å². The highest BCUT2D eigenvalue weighted by Gasteiger charge is 2.47. The molecule has 1 N–H and O–H groups in total. The van der Waals surface area contributed by atoms with Gasteiger partial charge in [0, 0.05) is 60.2 Å². The fourth-order valence-corrected chi connectivity index (χ4v) is 14.8. The molecular formula is C83H80N2O12S. The standard InChI is InChI=1S/C47H58O12.C36H22N2S/c1-6-57-45(49)40-30-36(11-10-35(40)32-56-25-24-54-21-20-52-17-16-48)47(42-28-33(3)8-13-38(42)39-14-9-34(4)29-43(39)47)37-12-15-44(41(31-37)46(50)58-7-2)59-27-26-55-23-22-53-19-18-51-5;1-5-13-31-25(9-1)26-10-2-6-14-32(26)37(31)23-17-19-35-29(21-23)30-22-24(18-20-36(30)39-35)38-33-15-7-3-11-27(33)28-12-4-8-16-34(28)38/h8-15,28-31,48H,6-7,16-27,32H2,1-5H3;1-22H. The Hall–Kier alpha value is -9.52. The van der Waals surface area contributed by atoms with Crippen LogP contribution in [0.1, 0.15) is 73.5 Å². The topological polar surface area (TPSA) is 147 Å². The largest absolute Gasteiger partial charge is 0.490 e. The summed E-state index contributed by atoms with van der Waals surface area (Å²) in [4.78, 5) is 27.5. The predicted octanol–water partition coefficient (Wildman–Crippen LogP) is 16.9. The first-order chi connectivity index (χ1) is 48.1. The Morgan fingerprint density at radius 3 is 1.34 bits per heavy atom. The van der Waals surface area contributed by atoms with E-state index in [1.54, 1.807) is 21.0 Å². The summed E-state index contributed by atoms with van der Waals surface area (Å²) in [5.74, 6) is -0.608. The summed E-state index contributed by atoms with van der Waals surface area (Å²) >= 11 is 1.87. The van der Waals surface area contributed by atoms with Crippen LogP contribution in [0.4, 0.5) is 0 Å². The fraction of sp³-hybridized carbons (Fsp3) is 0.253. The van der Waals surface area contributed by atoms with Crippen LogP contribution in [0, 0.1) is 13.8 Å². The molecule has 0 atom stereocenters. The van der Waals surface area contributed by atoms with Gasteiger partial charge in [-0.25, -0.2) is 9.59 Å². The number of carbonyl (C=O) groups excluding carboxylic acids is 2. The van der Waals surface area contributed by atoms with Crippen LogP contribution in [0.3, 0.4) is 0 Å². The van der Waals surface area contributed by atoms with Crippen molar-refractivity contribution in [2.45, 2.75) is 39.7 Å². The molecule has 0 spiro atoms. The van der Waals surface area contributed by atoms with Gasteiger partial charge in [-0.05, 0) is 146 Å². The van der Waals surface area contributed by atoms with Crippen molar-refractivity contribution >= 4 is 87.1 Å². The Kier molecular flexibility index (Phi) is 21.2. The monoisotopic (exact) mass is 1330 g/mol. The van der Waals surface area contributed by atoms with E-state index in [0.29, 0.717) is 76.3 Å². The third-order valence-corrected chi connectivity index (χ3v) is 19.2. The van der Waals surface area contributed by atoms with E-state index in [2.05, 4.69) is 193 Å². The highest BCUT2D eigenvalue weighted by molar-refractivity contribution is 7.25. The van der Waals surface area contributed by atoms with Crippen molar-refractivity contribution in [3.63, 3.8) is 0 Å². The molecule has 98 heavy (non-hydrogen) atoms. The fourth-order valence-electron chi connectivity index (χ4n) is 13.7. The Balaban J connectivity index is 0.000000190. The maximum Gasteiger partial charge on any atom is 0.341 e. The van der Waals surface area contributed by atoms with Crippen LogP contribution in [-0.4, -0.2) is 126 Å². The summed E-state index contributed by atoms with van der Waals surface area (Å²) in [6.45, 7) is 12.1. The second-order valence-electron chi connectivity index (χ2n) is 24.1. The van der Waals surface area contributed by atoms with Gasteiger partial charge in [-0.3, -0.25) is 0 Å². The first kappa shape index (κ1) is 67.1. The Labute approximate surface area is 574 Å². The molecule has 500 valence electrons. The number of thiophene rings is 1. The molecule has 10 aromatic carbocycles. The number of aliphatic hydroxyl groups is 1. The maximum absolute atomic E-state index is 13.8. The van der Waals surface area contributed by atoms with Gasteiger partial charge in [-0.15, -0.1) is 11.3 Å². The van der Waals surface area contributed by atoms with Crippen LogP contribution >= 0.6 is 11.3 Å². The van der Waals surface area contributed by atoms with E-state index in [1.165, 1.54) is 75.2 Å². The van der Waals surface area contributed by atoms with Crippen molar-refractivity contribution in [3.8, 4) is 28.3 Å². The van der Waals surface area contributed by atoms with Gasteiger partial charge in [0.15, 0.2) is 0 Å². The number of fused-ring (bicyclic) bond motifs is 12. The molecule has 1 aliphatic carbocycles. The number of aromatic nitrogens is 2. The van der Waals surface area contributed by atoms with E-state index < -0.39 is 17.4 Å². The van der Waals surface area contributed by atoms with Gasteiger partial charge in [-0.2, -0.15) is 0 Å². The minimum Gasteiger partial charge on any atom is -0.490 e. The number of aliphatic hydroxyl groups excluding tert-OH is 1. The van der Waals surface area contributed by atoms with Crippen molar-refractivity contribution in [1.82, 2.24) is 9.13 Å². The van der Waals surface area contributed by atoms with Crippen molar-refractivity contribution in [2.75, 3.05) is 99.6 Å². The molecular weight excluding hydrogens is 1250 g/mol. The molecule has 15 heteroatoms. The number of para-hydroxylation sites is 4. The third-order valence-electron chi connectivity index (χ3n) is 18.0. The number of rotatable bonds is 28. The quantitative estimate of drug-likeness (QED) is 0.0368. The Morgan fingerprint density at radius 1 is 0.429 bits per heavy atom. The number of carbonyl (C=O) groups is 2. The number of hydrogen-bond acceptors (Lipinski definition) is 13. The van der Waals surface area contributed by atoms with Crippen LogP contribution in [-0.2, 0) is 49.9 Å². The summed E-state index contributed by atoms with van der Waals surface area (Å²) in [5.41, 5.74) is 15.6. The smallest absolute Gasteiger partial charge is 0.341 e. The third kappa shape index (κ3) is 13.5. The number of nitrogens with zero attached hydrogens (tertiary/aromatic N) is 2. The van der Waals surface area contributed by atoms with Crippen molar-refractivity contribution in [1.29, 1.82) is 0 Å². The Morgan fingerprint density at radius 2 is 0.857 bits per heavy atom. The molecule has 0 saturated carbocycles. The zero-order valence-electron chi connectivity index (χ0n) is 56.0. The molecule has 0 saturated heterocycles. The Bertz CT molecular complexity index is 4590. The normalized spacial score (nSPS) is 12.4. The lowest BCUT2D eigenvalue weighted by Gasteiger charge is -2.35. The molecule has 0 fully saturated rings. The van der Waals surface area contributed by atoms with Gasteiger partial charge in [0.25, 0.3) is 0 Å². The summed E-state index contributed by atoms with van der Waals surface area (Å²) < 4.78 is 57.8. The minimum absolute atomic E-state index is 0.0375. The van der Waals surface area contributed by atoms with Gasteiger partial charge in [0.1, 0.15) is 17.9 Å². The lowest BCUT2D eigenvalue weighted by molar-refractivity contribution is 0.00429. The molecule has 0 amide bonds. The molecule has 0 aliphatic heterocycles. The number of benzene rings is 10. The van der Waals surface area contributed by atoms with Crippen molar-refractivity contribution < 1.29 is 57.3 Å². The van der Waals surface area contributed by atoms with E-state index in [-0.39, 0.29) is 45.2 Å².